The highest BCUT2D eigenvalue weighted by atomic mass is 14.2. The van der Waals surface area contributed by atoms with E-state index in [-0.39, 0.29) is 11.8 Å². The number of hydrogen-bond acceptors (Lipinski definition) is 0. The van der Waals surface area contributed by atoms with E-state index in [1.54, 1.807) is 0 Å². The molecule has 0 N–H and O–H groups in total. The molecule has 86 valence electrons. The minimum atomic E-state index is -0.872. The second-order valence-corrected chi connectivity index (χ2v) is 5.76. The van der Waals surface area contributed by atoms with Crippen molar-refractivity contribution >= 4 is 31.4 Å². The zero-order valence-electron chi connectivity index (χ0n) is 11.8. The highest BCUT2D eigenvalue weighted by molar-refractivity contribution is 6.41. The lowest BCUT2D eigenvalue weighted by Gasteiger charge is -2.35. The Bertz CT molecular complexity index is 373. The number of hydrogen-bond donors (Lipinski definition) is 0. The molecule has 4 heteroatoms. The van der Waals surface area contributed by atoms with Crippen LogP contribution in [0, 0.1) is 11.8 Å². The Balaban J connectivity index is 3.23. The van der Waals surface area contributed by atoms with Crippen LogP contribution in [0.3, 0.4) is 0 Å². The molecule has 0 fully saturated rings. The molecule has 0 aliphatic carbocycles. The molecule has 0 aliphatic rings. The van der Waals surface area contributed by atoms with Crippen molar-refractivity contribution in [3.63, 3.8) is 0 Å². The first-order chi connectivity index (χ1) is 8.10. The molecule has 18 heavy (non-hydrogen) atoms. The summed E-state index contributed by atoms with van der Waals surface area (Å²) in [5.41, 5.74) is 1.71. The molecule has 1 aromatic rings. The van der Waals surface area contributed by atoms with Gasteiger partial charge in [0, 0.05) is 0 Å². The number of benzene rings is 1. The molecular formula is C14H18B4. The first-order valence-corrected chi connectivity index (χ1v) is 6.36. The van der Waals surface area contributed by atoms with Crippen LogP contribution in [0.2, 0.25) is 0 Å². The summed E-state index contributed by atoms with van der Waals surface area (Å²) in [6.07, 6.45) is 0. The maximum Gasteiger partial charge on any atom is 0.0686 e. The molecule has 0 nitrogen and oxygen atoms in total. The van der Waals surface area contributed by atoms with E-state index < -0.39 is 10.4 Å². The van der Waals surface area contributed by atoms with E-state index in [1.165, 1.54) is 0 Å². The number of rotatable bonds is 4. The molecule has 1 rings (SSSR count). The quantitative estimate of drug-likeness (QED) is 0.693. The van der Waals surface area contributed by atoms with Crippen molar-refractivity contribution in [2.24, 2.45) is 11.8 Å². The topological polar surface area (TPSA) is 0 Å². The molecule has 0 heterocycles. The molecule has 1 aromatic carbocycles. The van der Waals surface area contributed by atoms with Crippen LogP contribution >= 0.6 is 0 Å². The van der Waals surface area contributed by atoms with Gasteiger partial charge in [0.15, 0.2) is 0 Å². The Morgan fingerprint density at radius 3 is 1.39 bits per heavy atom. The second kappa shape index (κ2) is 5.23. The molecule has 0 saturated heterocycles. The van der Waals surface area contributed by atoms with Gasteiger partial charge in [-0.15, -0.1) is 0 Å². The maximum atomic E-state index is 6.17. The SMILES string of the molecule is [B]C([B])(c1cccc(C([B])([B])C(C)C)c1)C(C)C. The van der Waals surface area contributed by atoms with Crippen LogP contribution < -0.4 is 0 Å². The van der Waals surface area contributed by atoms with E-state index in [2.05, 4.69) is 0 Å². The van der Waals surface area contributed by atoms with Gasteiger partial charge in [0.1, 0.15) is 0 Å². The molecule has 0 atom stereocenters. The Hall–Kier alpha value is -0.520. The Morgan fingerprint density at radius 2 is 1.11 bits per heavy atom. The summed E-state index contributed by atoms with van der Waals surface area (Å²) >= 11 is 0. The van der Waals surface area contributed by atoms with Crippen LogP contribution in [0.4, 0.5) is 0 Å². The van der Waals surface area contributed by atoms with E-state index in [0.717, 1.165) is 11.1 Å². The van der Waals surface area contributed by atoms with Crippen LogP contribution in [0.25, 0.3) is 0 Å². The molecule has 0 spiro atoms. The lowest BCUT2D eigenvalue weighted by molar-refractivity contribution is 0.558. The predicted molar refractivity (Wildman–Crippen MR) is 82.5 cm³/mol. The Kier molecular flexibility index (Phi) is 4.51. The van der Waals surface area contributed by atoms with E-state index in [9.17, 15) is 0 Å². The smallest absolute Gasteiger partial charge is 0.0686 e. The van der Waals surface area contributed by atoms with E-state index in [0.29, 0.717) is 0 Å². The summed E-state index contributed by atoms with van der Waals surface area (Å²) in [7, 11) is 24.7. The third kappa shape index (κ3) is 2.90. The summed E-state index contributed by atoms with van der Waals surface area (Å²) in [5.74, 6) is 0.244. The van der Waals surface area contributed by atoms with Gasteiger partial charge in [-0.3, -0.25) is 0 Å². The molecule has 0 saturated carbocycles. The third-order valence-electron chi connectivity index (χ3n) is 3.77. The van der Waals surface area contributed by atoms with E-state index in [1.807, 2.05) is 52.0 Å². The fraction of sp³-hybridized carbons (Fsp3) is 0.571. The normalized spacial score (nSPS) is 13.2. The van der Waals surface area contributed by atoms with Crippen LogP contribution in [-0.2, 0) is 10.4 Å². The minimum Gasteiger partial charge on any atom is -0.0733 e. The van der Waals surface area contributed by atoms with Crippen LogP contribution in [0.1, 0.15) is 38.8 Å². The zero-order valence-corrected chi connectivity index (χ0v) is 11.8. The van der Waals surface area contributed by atoms with Crippen molar-refractivity contribution in [2.45, 2.75) is 38.1 Å². The monoisotopic (exact) mass is 230 g/mol. The lowest BCUT2D eigenvalue weighted by Crippen LogP contribution is -2.36. The van der Waals surface area contributed by atoms with Crippen LogP contribution in [0.15, 0.2) is 24.3 Å². The van der Waals surface area contributed by atoms with E-state index >= 15 is 0 Å². The molecule has 0 aliphatic heterocycles. The third-order valence-corrected chi connectivity index (χ3v) is 3.77. The van der Waals surface area contributed by atoms with Gasteiger partial charge < -0.3 is 0 Å². The van der Waals surface area contributed by atoms with Gasteiger partial charge in [0.2, 0.25) is 0 Å². The van der Waals surface area contributed by atoms with Gasteiger partial charge in [-0.25, -0.2) is 0 Å². The van der Waals surface area contributed by atoms with Crippen molar-refractivity contribution in [1.82, 2.24) is 0 Å². The predicted octanol–water partition coefficient (Wildman–Crippen LogP) is 1.98. The first kappa shape index (κ1) is 15.5. The Morgan fingerprint density at radius 1 is 0.778 bits per heavy atom. The minimum absolute atomic E-state index is 0.122. The summed E-state index contributed by atoms with van der Waals surface area (Å²) in [6, 6.07) is 7.65. The van der Waals surface area contributed by atoms with E-state index in [4.69, 9.17) is 31.4 Å². The van der Waals surface area contributed by atoms with Crippen molar-refractivity contribution in [1.29, 1.82) is 0 Å². The highest BCUT2D eigenvalue weighted by Crippen LogP contribution is 2.31. The maximum absolute atomic E-state index is 6.17. The molecule has 0 amide bonds. The van der Waals surface area contributed by atoms with Gasteiger partial charge in [0.05, 0.1) is 31.4 Å². The van der Waals surface area contributed by atoms with Crippen molar-refractivity contribution in [3.05, 3.63) is 35.4 Å². The van der Waals surface area contributed by atoms with Gasteiger partial charge in [0.25, 0.3) is 0 Å². The fourth-order valence-corrected chi connectivity index (χ4v) is 1.72. The fourth-order valence-electron chi connectivity index (χ4n) is 1.72. The van der Waals surface area contributed by atoms with Crippen LogP contribution in [0.5, 0.6) is 0 Å². The zero-order chi connectivity index (χ0) is 14.1. The highest BCUT2D eigenvalue weighted by Gasteiger charge is 2.27. The van der Waals surface area contributed by atoms with Gasteiger partial charge >= 0.3 is 0 Å². The van der Waals surface area contributed by atoms with Crippen molar-refractivity contribution in [3.8, 4) is 0 Å². The van der Waals surface area contributed by atoms with Gasteiger partial charge in [-0.05, 0) is 0 Å². The molecule has 0 unspecified atom stereocenters. The summed E-state index contributed by atoms with van der Waals surface area (Å²) in [5, 5.41) is -1.74. The second-order valence-electron chi connectivity index (χ2n) is 5.76. The van der Waals surface area contributed by atoms with Gasteiger partial charge in [-0.2, -0.15) is 0 Å². The summed E-state index contributed by atoms with van der Waals surface area (Å²) in [4.78, 5) is 0. The summed E-state index contributed by atoms with van der Waals surface area (Å²) < 4.78 is 0. The molecule has 0 bridgehead atoms. The average Bonchev–Trinajstić information content (AvgIpc) is 2.28. The first-order valence-electron chi connectivity index (χ1n) is 6.36. The average molecular weight is 230 g/mol. The van der Waals surface area contributed by atoms with Crippen molar-refractivity contribution in [2.75, 3.05) is 0 Å². The standard InChI is InChI=1S/C14H18B4/c1-9(2)13(15,16)11-6-5-7-12(8-11)14(17,18)10(3)4/h5-10H,1-4H3. The van der Waals surface area contributed by atoms with Crippen molar-refractivity contribution < 1.29 is 0 Å². The largest absolute Gasteiger partial charge is 0.0733 e. The molecule has 8 radical (unpaired) electrons. The molecule has 0 aromatic heterocycles. The lowest BCUT2D eigenvalue weighted by atomic mass is 9.43. The summed E-state index contributed by atoms with van der Waals surface area (Å²) in [6.45, 7) is 7.97. The molecular weight excluding hydrogens is 211 g/mol. The van der Waals surface area contributed by atoms with Crippen LogP contribution in [-0.4, -0.2) is 31.4 Å². The Labute approximate surface area is 117 Å². The van der Waals surface area contributed by atoms with Gasteiger partial charge in [-0.1, -0.05) is 85.4 Å².